The summed E-state index contributed by atoms with van der Waals surface area (Å²) >= 11 is 0. The van der Waals surface area contributed by atoms with Crippen LogP contribution in [0.4, 0.5) is 22.9 Å². The van der Waals surface area contributed by atoms with Gasteiger partial charge in [0.15, 0.2) is 0 Å². The van der Waals surface area contributed by atoms with E-state index in [2.05, 4.69) is 20.9 Å². The highest BCUT2D eigenvalue weighted by Gasteiger charge is 2.07. The first kappa shape index (κ1) is 16.3. The van der Waals surface area contributed by atoms with Crippen LogP contribution in [0.25, 0.3) is 0 Å². The summed E-state index contributed by atoms with van der Waals surface area (Å²) in [5.41, 5.74) is 1.93. The first-order valence-electron chi connectivity index (χ1n) is 6.94. The van der Waals surface area contributed by atoms with Crippen LogP contribution >= 0.6 is 0 Å². The Morgan fingerprint density at radius 2 is 1.65 bits per heavy atom. The quantitative estimate of drug-likeness (QED) is 0.789. The van der Waals surface area contributed by atoms with E-state index in [-0.39, 0.29) is 11.8 Å². The molecule has 0 fully saturated rings. The molecule has 0 saturated carbocycles. The zero-order valence-corrected chi connectivity index (χ0v) is 13.1. The van der Waals surface area contributed by atoms with Gasteiger partial charge in [0.05, 0.1) is 24.7 Å². The molecule has 0 unspecified atom stereocenters. The van der Waals surface area contributed by atoms with Gasteiger partial charge in [-0.15, -0.1) is 0 Å². The van der Waals surface area contributed by atoms with E-state index < -0.39 is 0 Å². The third-order valence-electron chi connectivity index (χ3n) is 2.87. The Hall–Kier alpha value is -3.09. The molecule has 0 aliphatic heterocycles. The molecule has 0 saturated heterocycles. The fourth-order valence-electron chi connectivity index (χ4n) is 1.97. The number of anilines is 4. The normalized spacial score (nSPS) is 9.87. The largest absolute Gasteiger partial charge is 0.495 e. The van der Waals surface area contributed by atoms with Crippen LogP contribution in [0.3, 0.4) is 0 Å². The van der Waals surface area contributed by atoms with Crippen molar-refractivity contribution in [1.29, 1.82) is 0 Å². The minimum absolute atomic E-state index is 0.154. The first-order valence-corrected chi connectivity index (χ1v) is 6.94. The van der Waals surface area contributed by atoms with Gasteiger partial charge in [0.2, 0.25) is 11.8 Å². The predicted octanol–water partition coefficient (Wildman–Crippen LogP) is 2.75. The maximum absolute atomic E-state index is 11.2. The highest BCUT2D eigenvalue weighted by Crippen LogP contribution is 2.30. The molecule has 1 aromatic heterocycles. The van der Waals surface area contributed by atoms with Crippen LogP contribution < -0.4 is 20.7 Å². The summed E-state index contributed by atoms with van der Waals surface area (Å²) in [5, 5.41) is 8.48. The fourth-order valence-corrected chi connectivity index (χ4v) is 1.97. The number of nitrogens with one attached hydrogen (secondary N) is 3. The number of carbonyl (C=O) groups is 2. The van der Waals surface area contributed by atoms with Crippen LogP contribution in [0.1, 0.15) is 13.8 Å². The Bertz CT molecular complexity index is 714. The van der Waals surface area contributed by atoms with Crippen LogP contribution in [0.5, 0.6) is 5.75 Å². The van der Waals surface area contributed by atoms with Crippen molar-refractivity contribution in [2.75, 3.05) is 23.1 Å². The second kappa shape index (κ2) is 7.26. The van der Waals surface area contributed by atoms with Gasteiger partial charge in [0.25, 0.3) is 0 Å². The van der Waals surface area contributed by atoms with Crippen molar-refractivity contribution in [1.82, 2.24) is 4.98 Å². The van der Waals surface area contributed by atoms with Crippen molar-refractivity contribution in [3.63, 3.8) is 0 Å². The lowest BCUT2D eigenvalue weighted by atomic mass is 10.2. The van der Waals surface area contributed by atoms with E-state index >= 15 is 0 Å². The Kier molecular flexibility index (Phi) is 5.14. The lowest BCUT2D eigenvalue weighted by Gasteiger charge is -2.13. The maximum atomic E-state index is 11.2. The molecule has 1 heterocycles. The third-order valence-corrected chi connectivity index (χ3v) is 2.87. The lowest BCUT2D eigenvalue weighted by Crippen LogP contribution is -2.07. The summed E-state index contributed by atoms with van der Waals surface area (Å²) in [6, 6.07) is 8.72. The van der Waals surface area contributed by atoms with Crippen molar-refractivity contribution in [2.45, 2.75) is 13.8 Å². The average Bonchev–Trinajstić information content (AvgIpc) is 2.48. The summed E-state index contributed by atoms with van der Waals surface area (Å²) in [4.78, 5) is 26.4. The molecule has 2 rings (SSSR count). The van der Waals surface area contributed by atoms with E-state index in [1.807, 2.05) is 0 Å². The summed E-state index contributed by atoms with van der Waals surface area (Å²) in [7, 11) is 1.56. The number of carbonyl (C=O) groups excluding carboxylic acids is 2. The van der Waals surface area contributed by atoms with Gasteiger partial charge in [0.1, 0.15) is 11.6 Å². The number of hydrogen-bond acceptors (Lipinski definition) is 5. The van der Waals surface area contributed by atoms with Crippen LogP contribution in [-0.4, -0.2) is 23.9 Å². The molecule has 7 heteroatoms. The highest BCUT2D eigenvalue weighted by molar-refractivity contribution is 5.90. The molecular weight excluding hydrogens is 296 g/mol. The second-order valence-electron chi connectivity index (χ2n) is 4.83. The van der Waals surface area contributed by atoms with Crippen LogP contribution in [-0.2, 0) is 9.59 Å². The molecule has 0 aliphatic carbocycles. The zero-order valence-electron chi connectivity index (χ0n) is 13.1. The fraction of sp³-hybridized carbons (Fsp3) is 0.188. The number of nitrogens with zero attached hydrogens (tertiary/aromatic N) is 1. The third kappa shape index (κ3) is 4.70. The Balaban J connectivity index is 2.20. The number of rotatable bonds is 5. The highest BCUT2D eigenvalue weighted by atomic mass is 16.5. The van der Waals surface area contributed by atoms with Gasteiger partial charge in [-0.3, -0.25) is 9.59 Å². The standard InChI is InChI=1S/C16H18N4O3/c1-10(21)18-12-4-6-15(23-3)14(8-12)20-16-7-5-13(9-17-16)19-11(2)22/h4-9H,1-3H3,(H,17,20)(H,18,21)(H,19,22). The van der Waals surface area contributed by atoms with Crippen molar-refractivity contribution < 1.29 is 14.3 Å². The topological polar surface area (TPSA) is 92.4 Å². The van der Waals surface area contributed by atoms with E-state index in [0.717, 1.165) is 0 Å². The second-order valence-corrected chi connectivity index (χ2v) is 4.83. The van der Waals surface area contributed by atoms with Gasteiger partial charge in [-0.25, -0.2) is 4.98 Å². The monoisotopic (exact) mass is 314 g/mol. The minimum Gasteiger partial charge on any atom is -0.495 e. The van der Waals surface area contributed by atoms with Crippen LogP contribution in [0, 0.1) is 0 Å². The number of hydrogen-bond donors (Lipinski definition) is 3. The van der Waals surface area contributed by atoms with E-state index in [1.165, 1.54) is 13.8 Å². The average molecular weight is 314 g/mol. The van der Waals surface area contributed by atoms with Crippen LogP contribution in [0.2, 0.25) is 0 Å². The Morgan fingerprint density at radius 1 is 1.00 bits per heavy atom. The molecule has 2 aromatic rings. The number of amides is 2. The summed E-state index contributed by atoms with van der Waals surface area (Å²) in [6.45, 7) is 2.88. The van der Waals surface area contributed by atoms with Crippen molar-refractivity contribution in [3.05, 3.63) is 36.5 Å². The Labute approximate surface area is 134 Å². The van der Waals surface area contributed by atoms with Gasteiger partial charge in [0, 0.05) is 19.5 Å². The molecule has 0 aliphatic rings. The summed E-state index contributed by atoms with van der Waals surface area (Å²) < 4.78 is 5.29. The van der Waals surface area contributed by atoms with E-state index in [0.29, 0.717) is 28.6 Å². The van der Waals surface area contributed by atoms with Gasteiger partial charge < -0.3 is 20.7 Å². The van der Waals surface area contributed by atoms with Gasteiger partial charge >= 0.3 is 0 Å². The molecule has 0 spiro atoms. The first-order chi connectivity index (χ1) is 11.0. The molecule has 2 amide bonds. The number of aromatic nitrogens is 1. The maximum Gasteiger partial charge on any atom is 0.221 e. The van der Waals surface area contributed by atoms with E-state index in [9.17, 15) is 9.59 Å². The van der Waals surface area contributed by atoms with Crippen molar-refractivity contribution in [2.24, 2.45) is 0 Å². The molecule has 3 N–H and O–H groups in total. The van der Waals surface area contributed by atoms with Crippen LogP contribution in [0.15, 0.2) is 36.5 Å². The number of pyridine rings is 1. The molecule has 0 radical (unpaired) electrons. The molecule has 23 heavy (non-hydrogen) atoms. The number of methoxy groups -OCH3 is 1. The molecule has 7 nitrogen and oxygen atoms in total. The van der Waals surface area contributed by atoms with Gasteiger partial charge in [-0.2, -0.15) is 0 Å². The van der Waals surface area contributed by atoms with Crippen molar-refractivity contribution >= 4 is 34.7 Å². The smallest absolute Gasteiger partial charge is 0.221 e. The summed E-state index contributed by atoms with van der Waals surface area (Å²) in [5.74, 6) is 0.889. The summed E-state index contributed by atoms with van der Waals surface area (Å²) in [6.07, 6.45) is 1.55. The molecule has 1 aromatic carbocycles. The van der Waals surface area contributed by atoms with E-state index in [4.69, 9.17) is 4.74 Å². The molecule has 0 atom stereocenters. The molecule has 120 valence electrons. The Morgan fingerprint density at radius 3 is 2.22 bits per heavy atom. The number of ether oxygens (including phenoxy) is 1. The lowest BCUT2D eigenvalue weighted by molar-refractivity contribution is -0.115. The van der Waals surface area contributed by atoms with Gasteiger partial charge in [-0.05, 0) is 30.3 Å². The molecule has 0 bridgehead atoms. The minimum atomic E-state index is -0.155. The molecular formula is C16H18N4O3. The van der Waals surface area contributed by atoms with E-state index in [1.54, 1.807) is 43.6 Å². The van der Waals surface area contributed by atoms with Gasteiger partial charge in [-0.1, -0.05) is 0 Å². The zero-order chi connectivity index (χ0) is 16.8. The SMILES string of the molecule is COc1ccc(NC(C)=O)cc1Nc1ccc(NC(C)=O)cn1. The van der Waals surface area contributed by atoms with Crippen molar-refractivity contribution in [3.8, 4) is 5.75 Å². The predicted molar refractivity (Wildman–Crippen MR) is 89.1 cm³/mol. The number of benzene rings is 1.